The summed E-state index contributed by atoms with van der Waals surface area (Å²) in [5.41, 5.74) is 1.18. The van der Waals surface area contributed by atoms with Crippen LogP contribution in [-0.4, -0.2) is 4.98 Å². The number of aromatic nitrogens is 1. The minimum absolute atomic E-state index is 0.785. The van der Waals surface area contributed by atoms with Gasteiger partial charge in [-0.15, -0.1) is 24.0 Å². The van der Waals surface area contributed by atoms with Crippen molar-refractivity contribution in [2.45, 2.75) is 5.03 Å². The van der Waals surface area contributed by atoms with E-state index in [9.17, 15) is 0 Å². The zero-order valence-electron chi connectivity index (χ0n) is 8.42. The van der Waals surface area contributed by atoms with Gasteiger partial charge in [0.25, 0.3) is 0 Å². The number of thiazole rings is 1. The minimum Gasteiger partial charge on any atom is -0.230 e. The number of fused-ring (bicyclic) bond motifs is 1. The lowest BCUT2D eigenvalue weighted by molar-refractivity contribution is 1.22. The number of nitrogens with zero attached hydrogens (tertiary/aromatic N) is 1. The molecule has 1 nitrogen and oxygen atoms in total. The lowest BCUT2D eigenvalue weighted by Gasteiger charge is -2.02. The predicted octanol–water partition coefficient (Wildman–Crippen LogP) is 4.25. The Kier molecular flexibility index (Phi) is 2.42. The average Bonchev–Trinajstić information content (AvgIpc) is 2.75. The van der Waals surface area contributed by atoms with Crippen LogP contribution in [0.5, 0.6) is 0 Å². The largest absolute Gasteiger partial charge is 0.230 e. The van der Waals surface area contributed by atoms with E-state index in [1.54, 1.807) is 11.3 Å². The number of hydrogen-bond acceptors (Lipinski definition) is 3. The molecule has 1 aromatic heterocycles. The van der Waals surface area contributed by atoms with E-state index < -0.39 is 0 Å². The highest BCUT2D eigenvalue weighted by Crippen LogP contribution is 2.31. The van der Waals surface area contributed by atoms with E-state index in [1.165, 1.54) is 16.3 Å². The molecule has 0 N–H and O–H groups in total. The van der Waals surface area contributed by atoms with E-state index in [0.717, 1.165) is 10.0 Å². The molecule has 0 aliphatic rings. The SMILES string of the molecule is Sc1csc(-c2cccc3ccccc23)n1. The Morgan fingerprint density at radius 1 is 1.00 bits per heavy atom. The Hall–Kier alpha value is -1.32. The summed E-state index contributed by atoms with van der Waals surface area (Å²) in [6, 6.07) is 14.6. The van der Waals surface area contributed by atoms with Gasteiger partial charge in [-0.2, -0.15) is 0 Å². The second-order valence-corrected chi connectivity index (χ2v) is 4.85. The maximum Gasteiger partial charge on any atom is 0.125 e. The quantitative estimate of drug-likeness (QED) is 0.630. The van der Waals surface area contributed by atoms with Crippen LogP contribution in [0.2, 0.25) is 0 Å². The molecule has 0 atom stereocenters. The molecule has 0 amide bonds. The molecular formula is C13H9NS2. The van der Waals surface area contributed by atoms with Crippen LogP contribution in [-0.2, 0) is 0 Å². The summed E-state index contributed by atoms with van der Waals surface area (Å²) in [4.78, 5) is 4.41. The van der Waals surface area contributed by atoms with Gasteiger partial charge in [-0.25, -0.2) is 4.98 Å². The standard InChI is InChI=1S/C13H9NS2/c15-12-8-16-13(14-12)11-7-3-5-9-4-1-2-6-10(9)11/h1-8,15H. The molecule has 0 unspecified atom stereocenters. The van der Waals surface area contributed by atoms with Crippen LogP contribution in [0.1, 0.15) is 0 Å². The van der Waals surface area contributed by atoms with Gasteiger partial charge in [-0.1, -0.05) is 42.5 Å². The van der Waals surface area contributed by atoms with E-state index in [2.05, 4.69) is 60.1 Å². The molecule has 0 saturated heterocycles. The smallest absolute Gasteiger partial charge is 0.125 e. The van der Waals surface area contributed by atoms with Crippen molar-refractivity contribution in [1.82, 2.24) is 4.98 Å². The molecule has 0 aliphatic carbocycles. The summed E-state index contributed by atoms with van der Waals surface area (Å²) in [6.45, 7) is 0. The van der Waals surface area contributed by atoms with Crippen LogP contribution >= 0.6 is 24.0 Å². The van der Waals surface area contributed by atoms with Gasteiger partial charge in [-0.05, 0) is 10.8 Å². The van der Waals surface area contributed by atoms with Crippen molar-refractivity contribution in [2.24, 2.45) is 0 Å². The molecule has 0 saturated carbocycles. The summed E-state index contributed by atoms with van der Waals surface area (Å²) in [5.74, 6) is 0. The highest BCUT2D eigenvalue weighted by molar-refractivity contribution is 7.80. The average molecular weight is 243 g/mol. The molecule has 0 spiro atoms. The van der Waals surface area contributed by atoms with Gasteiger partial charge in [-0.3, -0.25) is 0 Å². The maximum atomic E-state index is 4.41. The van der Waals surface area contributed by atoms with Gasteiger partial charge in [0.15, 0.2) is 0 Å². The van der Waals surface area contributed by atoms with Crippen LogP contribution in [0, 0.1) is 0 Å². The van der Waals surface area contributed by atoms with E-state index in [4.69, 9.17) is 0 Å². The van der Waals surface area contributed by atoms with Gasteiger partial charge in [0.1, 0.15) is 10.0 Å². The first-order valence-corrected chi connectivity index (χ1v) is 6.30. The van der Waals surface area contributed by atoms with Gasteiger partial charge in [0, 0.05) is 10.9 Å². The fourth-order valence-electron chi connectivity index (χ4n) is 1.80. The van der Waals surface area contributed by atoms with E-state index in [-0.39, 0.29) is 0 Å². The van der Waals surface area contributed by atoms with Gasteiger partial charge in [0.05, 0.1) is 0 Å². The first kappa shape index (κ1) is 9.87. The lowest BCUT2D eigenvalue weighted by atomic mass is 10.1. The molecule has 0 fully saturated rings. The van der Waals surface area contributed by atoms with Gasteiger partial charge < -0.3 is 0 Å². The van der Waals surface area contributed by atoms with Crippen LogP contribution in [0.4, 0.5) is 0 Å². The van der Waals surface area contributed by atoms with E-state index in [1.807, 2.05) is 5.38 Å². The van der Waals surface area contributed by atoms with Crippen molar-refractivity contribution in [3.63, 3.8) is 0 Å². The second kappa shape index (κ2) is 3.92. The van der Waals surface area contributed by atoms with Crippen molar-refractivity contribution < 1.29 is 0 Å². The Balaban J connectivity index is 2.31. The minimum atomic E-state index is 0.785. The maximum absolute atomic E-state index is 4.41. The molecule has 1 heterocycles. The van der Waals surface area contributed by atoms with Crippen LogP contribution in [0.15, 0.2) is 52.9 Å². The molecule has 0 aliphatic heterocycles. The summed E-state index contributed by atoms with van der Waals surface area (Å²) >= 11 is 5.88. The summed E-state index contributed by atoms with van der Waals surface area (Å²) in [6.07, 6.45) is 0. The third kappa shape index (κ3) is 1.62. The van der Waals surface area contributed by atoms with Gasteiger partial charge in [0.2, 0.25) is 0 Å². The predicted molar refractivity (Wildman–Crippen MR) is 72.3 cm³/mol. The fourth-order valence-corrected chi connectivity index (χ4v) is 2.85. The van der Waals surface area contributed by atoms with Crippen molar-refractivity contribution in [3.8, 4) is 10.6 Å². The lowest BCUT2D eigenvalue weighted by Crippen LogP contribution is -1.79. The zero-order chi connectivity index (χ0) is 11.0. The van der Waals surface area contributed by atoms with Crippen molar-refractivity contribution in [2.75, 3.05) is 0 Å². The third-order valence-corrected chi connectivity index (χ3v) is 3.79. The summed E-state index contributed by atoms with van der Waals surface area (Å²) in [5, 5.41) is 6.26. The number of thiol groups is 1. The topological polar surface area (TPSA) is 12.9 Å². The molecule has 3 rings (SSSR count). The summed E-state index contributed by atoms with van der Waals surface area (Å²) in [7, 11) is 0. The first-order valence-electron chi connectivity index (χ1n) is 4.97. The number of hydrogen-bond donors (Lipinski definition) is 1. The molecule has 2 aromatic carbocycles. The second-order valence-electron chi connectivity index (χ2n) is 3.54. The molecule has 3 heteroatoms. The monoisotopic (exact) mass is 243 g/mol. The molecule has 0 radical (unpaired) electrons. The van der Waals surface area contributed by atoms with E-state index >= 15 is 0 Å². The Labute approximate surface area is 103 Å². The highest BCUT2D eigenvalue weighted by Gasteiger charge is 2.06. The molecule has 16 heavy (non-hydrogen) atoms. The van der Waals surface area contributed by atoms with Crippen molar-refractivity contribution in [3.05, 3.63) is 47.8 Å². The fraction of sp³-hybridized carbons (Fsp3) is 0. The third-order valence-electron chi connectivity index (χ3n) is 2.51. The highest BCUT2D eigenvalue weighted by atomic mass is 32.1. The molecule has 0 bridgehead atoms. The number of rotatable bonds is 1. The van der Waals surface area contributed by atoms with Crippen LogP contribution < -0.4 is 0 Å². The first-order chi connectivity index (χ1) is 7.84. The molecule has 3 aromatic rings. The Bertz CT molecular complexity index is 638. The molecular weight excluding hydrogens is 234 g/mol. The van der Waals surface area contributed by atoms with Crippen molar-refractivity contribution in [1.29, 1.82) is 0 Å². The normalized spacial score (nSPS) is 10.8. The van der Waals surface area contributed by atoms with E-state index in [0.29, 0.717) is 0 Å². The Morgan fingerprint density at radius 2 is 1.81 bits per heavy atom. The van der Waals surface area contributed by atoms with Crippen LogP contribution in [0.25, 0.3) is 21.3 Å². The Morgan fingerprint density at radius 3 is 2.62 bits per heavy atom. The number of benzene rings is 2. The summed E-state index contributed by atoms with van der Waals surface area (Å²) < 4.78 is 0. The molecule has 78 valence electrons. The van der Waals surface area contributed by atoms with Crippen molar-refractivity contribution >= 4 is 34.7 Å². The van der Waals surface area contributed by atoms with Gasteiger partial charge >= 0.3 is 0 Å². The zero-order valence-corrected chi connectivity index (χ0v) is 10.1. The van der Waals surface area contributed by atoms with Crippen LogP contribution in [0.3, 0.4) is 0 Å².